The predicted octanol–water partition coefficient (Wildman–Crippen LogP) is 1.77. The van der Waals surface area contributed by atoms with Gasteiger partial charge >= 0.3 is 0 Å². The van der Waals surface area contributed by atoms with Gasteiger partial charge in [-0.2, -0.15) is 4.39 Å². The maximum atomic E-state index is 14.3. The Labute approximate surface area is 143 Å². The van der Waals surface area contributed by atoms with Crippen LogP contribution in [0.4, 0.5) is 14.7 Å². The van der Waals surface area contributed by atoms with Crippen molar-refractivity contribution >= 4 is 18.4 Å². The SMILES string of the molecule is C[C@@H]1COCCN1c1nc(-c2ccncc2F)c(F)c(=O)n1C.Cl. The summed E-state index contributed by atoms with van der Waals surface area (Å²) in [6, 6.07) is 1.27. The van der Waals surface area contributed by atoms with Crippen LogP contribution in [0.2, 0.25) is 0 Å². The summed E-state index contributed by atoms with van der Waals surface area (Å²) in [6.45, 7) is 3.40. The molecular weight excluding hydrogens is 342 g/mol. The molecule has 0 aliphatic carbocycles. The molecule has 0 saturated carbocycles. The summed E-state index contributed by atoms with van der Waals surface area (Å²) in [5.41, 5.74) is -1.24. The Bertz CT molecular complexity index is 800. The second-order valence-electron chi connectivity index (χ2n) is 5.41. The first-order valence-corrected chi connectivity index (χ1v) is 7.21. The third kappa shape index (κ3) is 3.11. The van der Waals surface area contributed by atoms with Crippen molar-refractivity contribution in [1.82, 2.24) is 14.5 Å². The summed E-state index contributed by atoms with van der Waals surface area (Å²) in [5, 5.41) is 0. The fourth-order valence-corrected chi connectivity index (χ4v) is 2.59. The van der Waals surface area contributed by atoms with Gasteiger partial charge in [0.25, 0.3) is 5.56 Å². The predicted molar refractivity (Wildman–Crippen MR) is 87.5 cm³/mol. The van der Waals surface area contributed by atoms with Crippen molar-refractivity contribution in [2.75, 3.05) is 24.7 Å². The molecule has 1 atom stereocenters. The monoisotopic (exact) mass is 358 g/mol. The lowest BCUT2D eigenvalue weighted by Crippen LogP contribution is -2.46. The highest BCUT2D eigenvalue weighted by atomic mass is 35.5. The molecule has 1 aliphatic rings. The van der Waals surface area contributed by atoms with E-state index in [0.717, 1.165) is 10.8 Å². The van der Waals surface area contributed by atoms with Crippen LogP contribution in [0.15, 0.2) is 23.3 Å². The normalized spacial score (nSPS) is 17.5. The van der Waals surface area contributed by atoms with E-state index in [1.54, 1.807) is 0 Å². The maximum absolute atomic E-state index is 14.3. The molecule has 6 nitrogen and oxygen atoms in total. The van der Waals surface area contributed by atoms with E-state index in [2.05, 4.69) is 9.97 Å². The minimum atomic E-state index is -1.08. The number of hydrogen-bond acceptors (Lipinski definition) is 5. The van der Waals surface area contributed by atoms with E-state index in [9.17, 15) is 13.6 Å². The molecule has 1 aliphatic heterocycles. The Morgan fingerprint density at radius 2 is 2.12 bits per heavy atom. The van der Waals surface area contributed by atoms with E-state index < -0.39 is 17.2 Å². The molecule has 130 valence electrons. The van der Waals surface area contributed by atoms with Gasteiger partial charge in [-0.05, 0) is 13.0 Å². The van der Waals surface area contributed by atoms with Crippen LogP contribution in [0.1, 0.15) is 6.92 Å². The van der Waals surface area contributed by atoms with Gasteiger partial charge in [0, 0.05) is 25.4 Å². The molecule has 0 radical (unpaired) electrons. The van der Waals surface area contributed by atoms with Crippen LogP contribution >= 0.6 is 12.4 Å². The van der Waals surface area contributed by atoms with Crippen LogP contribution < -0.4 is 10.5 Å². The fourth-order valence-electron chi connectivity index (χ4n) is 2.59. The van der Waals surface area contributed by atoms with Crippen molar-refractivity contribution in [3.05, 3.63) is 40.4 Å². The van der Waals surface area contributed by atoms with Crippen LogP contribution in [-0.2, 0) is 11.8 Å². The highest BCUT2D eigenvalue weighted by molar-refractivity contribution is 5.85. The van der Waals surface area contributed by atoms with E-state index in [4.69, 9.17) is 4.74 Å². The minimum absolute atomic E-state index is 0. The first-order chi connectivity index (χ1) is 11.0. The molecule has 0 unspecified atom stereocenters. The van der Waals surface area contributed by atoms with Crippen LogP contribution in [0.5, 0.6) is 0 Å². The highest BCUT2D eigenvalue weighted by Crippen LogP contribution is 2.24. The van der Waals surface area contributed by atoms with Crippen LogP contribution in [-0.4, -0.2) is 40.3 Å². The van der Waals surface area contributed by atoms with Gasteiger partial charge in [0.05, 0.1) is 25.5 Å². The zero-order valence-corrected chi connectivity index (χ0v) is 14.0. The molecule has 0 N–H and O–H groups in total. The van der Waals surface area contributed by atoms with Gasteiger partial charge in [-0.1, -0.05) is 0 Å². The third-order valence-electron chi connectivity index (χ3n) is 3.86. The number of anilines is 1. The van der Waals surface area contributed by atoms with Crippen molar-refractivity contribution < 1.29 is 13.5 Å². The molecule has 9 heteroatoms. The number of aromatic nitrogens is 3. The average Bonchev–Trinajstić information content (AvgIpc) is 2.55. The van der Waals surface area contributed by atoms with Gasteiger partial charge in [-0.25, -0.2) is 9.37 Å². The molecule has 2 aromatic rings. The van der Waals surface area contributed by atoms with E-state index in [0.29, 0.717) is 25.7 Å². The van der Waals surface area contributed by atoms with Crippen molar-refractivity contribution in [3.63, 3.8) is 0 Å². The summed E-state index contributed by atoms with van der Waals surface area (Å²) in [7, 11) is 1.45. The van der Waals surface area contributed by atoms with Crippen LogP contribution in [0.25, 0.3) is 11.3 Å². The van der Waals surface area contributed by atoms with Gasteiger partial charge in [0.1, 0.15) is 5.69 Å². The standard InChI is InChI=1S/C15H16F2N4O2.ClH/c1-9-8-23-6-5-21(9)15-19-13(12(17)14(22)20(15)2)10-3-4-18-7-11(10)16;/h3-4,7,9H,5-6,8H2,1-2H3;1H/t9-;/m1./s1. The van der Waals surface area contributed by atoms with Crippen molar-refractivity contribution in [1.29, 1.82) is 0 Å². The lowest BCUT2D eigenvalue weighted by Gasteiger charge is -2.35. The molecule has 3 rings (SSSR count). The number of hydrogen-bond donors (Lipinski definition) is 0. The lowest BCUT2D eigenvalue weighted by molar-refractivity contribution is 0.0976. The van der Waals surface area contributed by atoms with E-state index >= 15 is 0 Å². The van der Waals surface area contributed by atoms with Gasteiger partial charge in [-0.15, -0.1) is 12.4 Å². The number of ether oxygens (including phenoxy) is 1. The van der Waals surface area contributed by atoms with Crippen molar-refractivity contribution in [2.45, 2.75) is 13.0 Å². The molecule has 0 amide bonds. The quantitative estimate of drug-likeness (QED) is 0.818. The maximum Gasteiger partial charge on any atom is 0.291 e. The van der Waals surface area contributed by atoms with E-state index in [-0.39, 0.29) is 29.7 Å². The second-order valence-corrected chi connectivity index (χ2v) is 5.41. The van der Waals surface area contributed by atoms with E-state index in [1.807, 2.05) is 11.8 Å². The van der Waals surface area contributed by atoms with Crippen molar-refractivity contribution in [2.24, 2.45) is 7.05 Å². The summed E-state index contributed by atoms with van der Waals surface area (Å²) in [4.78, 5) is 21.9. The topological polar surface area (TPSA) is 60.2 Å². The Balaban J connectivity index is 0.00000208. The number of pyridine rings is 1. The summed E-state index contributed by atoms with van der Waals surface area (Å²) >= 11 is 0. The molecule has 0 spiro atoms. The van der Waals surface area contributed by atoms with Crippen LogP contribution in [0, 0.1) is 11.6 Å². The second kappa shape index (κ2) is 7.23. The van der Waals surface area contributed by atoms with Gasteiger partial charge < -0.3 is 9.64 Å². The van der Waals surface area contributed by atoms with Gasteiger partial charge in [0.2, 0.25) is 11.8 Å². The molecule has 24 heavy (non-hydrogen) atoms. The Kier molecular flexibility index (Phi) is 5.51. The fraction of sp³-hybridized carbons (Fsp3) is 0.400. The first-order valence-electron chi connectivity index (χ1n) is 7.21. The number of nitrogens with zero attached hydrogens (tertiary/aromatic N) is 4. The summed E-state index contributed by atoms with van der Waals surface area (Å²) < 4.78 is 34.8. The van der Waals surface area contributed by atoms with Gasteiger partial charge in [0.15, 0.2) is 5.82 Å². The Hall–Kier alpha value is -2.06. The first kappa shape index (κ1) is 18.3. The van der Waals surface area contributed by atoms with Crippen LogP contribution in [0.3, 0.4) is 0 Å². The number of rotatable bonds is 2. The van der Waals surface area contributed by atoms with Crippen molar-refractivity contribution in [3.8, 4) is 11.3 Å². The van der Waals surface area contributed by atoms with Gasteiger partial charge in [-0.3, -0.25) is 14.3 Å². The molecule has 1 fully saturated rings. The molecule has 1 saturated heterocycles. The molecule has 3 heterocycles. The Morgan fingerprint density at radius 1 is 1.38 bits per heavy atom. The highest BCUT2D eigenvalue weighted by Gasteiger charge is 2.26. The molecule has 2 aromatic heterocycles. The zero-order valence-electron chi connectivity index (χ0n) is 13.2. The summed E-state index contributed by atoms with van der Waals surface area (Å²) in [5.74, 6) is -1.52. The molecule has 0 bridgehead atoms. The average molecular weight is 359 g/mol. The number of morpholine rings is 1. The number of halogens is 3. The lowest BCUT2D eigenvalue weighted by atomic mass is 10.1. The molecular formula is C15H17ClF2N4O2. The third-order valence-corrected chi connectivity index (χ3v) is 3.86. The minimum Gasteiger partial charge on any atom is -0.377 e. The van der Waals surface area contributed by atoms with E-state index in [1.165, 1.54) is 19.3 Å². The molecule has 0 aromatic carbocycles. The zero-order chi connectivity index (χ0) is 16.6. The Morgan fingerprint density at radius 3 is 2.79 bits per heavy atom. The summed E-state index contributed by atoms with van der Waals surface area (Å²) in [6.07, 6.45) is 2.29. The smallest absolute Gasteiger partial charge is 0.291 e. The largest absolute Gasteiger partial charge is 0.377 e.